The van der Waals surface area contributed by atoms with Gasteiger partial charge >= 0.3 is 0 Å². The molecule has 0 bridgehead atoms. The lowest BCUT2D eigenvalue weighted by molar-refractivity contribution is 0.242. The van der Waals surface area contributed by atoms with E-state index in [0.717, 1.165) is 56.9 Å². The second-order valence-corrected chi connectivity index (χ2v) is 5.05. The SMILES string of the molecule is Nc1cnccc1N1CCN(CCCCCO)CC1. The van der Waals surface area contributed by atoms with Crippen LogP contribution in [-0.4, -0.2) is 54.3 Å². The summed E-state index contributed by atoms with van der Waals surface area (Å²) in [6.45, 7) is 5.67. The molecular weight excluding hydrogens is 240 g/mol. The van der Waals surface area contributed by atoms with Crippen LogP contribution >= 0.6 is 0 Å². The number of hydrogen-bond acceptors (Lipinski definition) is 5. The van der Waals surface area contributed by atoms with Crippen LogP contribution in [0, 0.1) is 0 Å². The van der Waals surface area contributed by atoms with Crippen LogP contribution in [0.3, 0.4) is 0 Å². The Morgan fingerprint density at radius 1 is 1.16 bits per heavy atom. The molecule has 0 atom stereocenters. The van der Waals surface area contributed by atoms with Crippen molar-refractivity contribution in [3.05, 3.63) is 18.5 Å². The Bertz CT molecular complexity index is 377. The summed E-state index contributed by atoms with van der Waals surface area (Å²) in [5, 5.41) is 8.75. The maximum absolute atomic E-state index is 8.75. The number of anilines is 2. The van der Waals surface area contributed by atoms with Gasteiger partial charge in [-0.15, -0.1) is 0 Å². The highest BCUT2D eigenvalue weighted by Gasteiger charge is 2.17. The van der Waals surface area contributed by atoms with Gasteiger partial charge in [0, 0.05) is 39.0 Å². The largest absolute Gasteiger partial charge is 0.396 e. The molecule has 0 aromatic carbocycles. The minimum absolute atomic E-state index is 0.315. The number of pyridine rings is 1. The smallest absolute Gasteiger partial charge is 0.0738 e. The molecule has 19 heavy (non-hydrogen) atoms. The summed E-state index contributed by atoms with van der Waals surface area (Å²) in [4.78, 5) is 8.86. The van der Waals surface area contributed by atoms with Gasteiger partial charge in [-0.2, -0.15) is 0 Å². The molecule has 1 saturated heterocycles. The second-order valence-electron chi connectivity index (χ2n) is 5.05. The molecule has 0 amide bonds. The Hall–Kier alpha value is -1.33. The van der Waals surface area contributed by atoms with Gasteiger partial charge in [0.15, 0.2) is 0 Å². The van der Waals surface area contributed by atoms with E-state index in [-0.39, 0.29) is 0 Å². The summed E-state index contributed by atoms with van der Waals surface area (Å²) in [7, 11) is 0. The summed E-state index contributed by atoms with van der Waals surface area (Å²) in [6.07, 6.45) is 6.74. The van der Waals surface area contributed by atoms with E-state index in [1.165, 1.54) is 6.42 Å². The maximum atomic E-state index is 8.75. The summed E-state index contributed by atoms with van der Waals surface area (Å²) >= 11 is 0. The Balaban J connectivity index is 1.75. The van der Waals surface area contributed by atoms with E-state index in [4.69, 9.17) is 10.8 Å². The van der Waals surface area contributed by atoms with Crippen LogP contribution in [0.25, 0.3) is 0 Å². The number of aromatic nitrogens is 1. The lowest BCUT2D eigenvalue weighted by Crippen LogP contribution is -2.46. The molecule has 0 aliphatic carbocycles. The fraction of sp³-hybridized carbons (Fsp3) is 0.643. The number of rotatable bonds is 6. The number of aliphatic hydroxyl groups is 1. The van der Waals surface area contributed by atoms with Gasteiger partial charge in [0.2, 0.25) is 0 Å². The van der Waals surface area contributed by atoms with Crippen LogP contribution in [0.4, 0.5) is 11.4 Å². The second kappa shape index (κ2) is 7.31. The van der Waals surface area contributed by atoms with Crippen molar-refractivity contribution in [1.29, 1.82) is 0 Å². The highest BCUT2D eigenvalue weighted by Crippen LogP contribution is 2.22. The lowest BCUT2D eigenvalue weighted by Gasteiger charge is -2.36. The number of aliphatic hydroxyl groups excluding tert-OH is 1. The fourth-order valence-corrected chi connectivity index (χ4v) is 2.52. The molecule has 1 aromatic heterocycles. The van der Waals surface area contributed by atoms with Crippen LogP contribution in [0.2, 0.25) is 0 Å². The van der Waals surface area contributed by atoms with Gasteiger partial charge in [-0.25, -0.2) is 0 Å². The highest BCUT2D eigenvalue weighted by atomic mass is 16.2. The fourth-order valence-electron chi connectivity index (χ4n) is 2.52. The lowest BCUT2D eigenvalue weighted by atomic mass is 10.2. The standard InChI is InChI=1S/C14H24N4O/c15-13-12-16-5-4-14(13)18-9-7-17(8-10-18)6-2-1-3-11-19/h4-5,12,19H,1-3,6-11,15H2. The molecule has 0 radical (unpaired) electrons. The van der Waals surface area contributed by atoms with Crippen LogP contribution in [-0.2, 0) is 0 Å². The van der Waals surface area contributed by atoms with Crippen molar-refractivity contribution < 1.29 is 5.11 Å². The van der Waals surface area contributed by atoms with Crippen LogP contribution in [0.15, 0.2) is 18.5 Å². The van der Waals surface area contributed by atoms with Gasteiger partial charge in [-0.3, -0.25) is 9.88 Å². The van der Waals surface area contributed by atoms with Crippen molar-refractivity contribution in [2.75, 3.05) is 50.0 Å². The first-order valence-electron chi connectivity index (χ1n) is 7.09. The topological polar surface area (TPSA) is 65.6 Å². The first-order chi connectivity index (χ1) is 9.31. The first kappa shape index (κ1) is 14.1. The highest BCUT2D eigenvalue weighted by molar-refractivity contribution is 5.66. The zero-order chi connectivity index (χ0) is 13.5. The summed E-state index contributed by atoms with van der Waals surface area (Å²) < 4.78 is 0. The van der Waals surface area contributed by atoms with Crippen LogP contribution < -0.4 is 10.6 Å². The average molecular weight is 264 g/mol. The Labute approximate surface area is 115 Å². The van der Waals surface area contributed by atoms with E-state index in [9.17, 15) is 0 Å². The minimum Gasteiger partial charge on any atom is -0.396 e. The van der Waals surface area contributed by atoms with Crippen molar-refractivity contribution in [3.8, 4) is 0 Å². The molecule has 106 valence electrons. The number of piperazine rings is 1. The van der Waals surface area contributed by atoms with Crippen molar-refractivity contribution >= 4 is 11.4 Å². The molecule has 1 aliphatic heterocycles. The van der Waals surface area contributed by atoms with E-state index >= 15 is 0 Å². The van der Waals surface area contributed by atoms with E-state index < -0.39 is 0 Å². The third-order valence-electron chi connectivity index (χ3n) is 3.67. The van der Waals surface area contributed by atoms with Gasteiger partial charge in [0.1, 0.15) is 0 Å². The Morgan fingerprint density at radius 3 is 2.63 bits per heavy atom. The molecule has 5 heteroatoms. The van der Waals surface area contributed by atoms with Crippen LogP contribution in [0.5, 0.6) is 0 Å². The molecule has 1 fully saturated rings. The van der Waals surface area contributed by atoms with Crippen molar-refractivity contribution in [1.82, 2.24) is 9.88 Å². The average Bonchev–Trinajstić information content (AvgIpc) is 2.45. The molecule has 1 aliphatic rings. The molecule has 5 nitrogen and oxygen atoms in total. The first-order valence-corrected chi connectivity index (χ1v) is 7.09. The Kier molecular flexibility index (Phi) is 5.42. The molecule has 2 rings (SSSR count). The summed E-state index contributed by atoms with van der Waals surface area (Å²) in [5.74, 6) is 0. The van der Waals surface area contributed by atoms with Crippen molar-refractivity contribution in [2.24, 2.45) is 0 Å². The Morgan fingerprint density at radius 2 is 1.95 bits per heavy atom. The quantitative estimate of drug-likeness (QED) is 0.749. The van der Waals surface area contributed by atoms with E-state index in [0.29, 0.717) is 6.61 Å². The molecular formula is C14H24N4O. The van der Waals surface area contributed by atoms with Crippen molar-refractivity contribution in [2.45, 2.75) is 19.3 Å². The number of nitrogens with zero attached hydrogens (tertiary/aromatic N) is 3. The van der Waals surface area contributed by atoms with Gasteiger partial charge in [-0.1, -0.05) is 0 Å². The molecule has 2 heterocycles. The number of nitrogens with two attached hydrogens (primary N) is 1. The zero-order valence-electron chi connectivity index (χ0n) is 11.5. The van der Waals surface area contributed by atoms with E-state index in [1.54, 1.807) is 12.4 Å². The van der Waals surface area contributed by atoms with Gasteiger partial charge in [0.25, 0.3) is 0 Å². The number of unbranched alkanes of at least 4 members (excludes halogenated alkanes) is 2. The molecule has 0 saturated carbocycles. The van der Waals surface area contributed by atoms with Crippen molar-refractivity contribution in [3.63, 3.8) is 0 Å². The maximum Gasteiger partial charge on any atom is 0.0738 e. The van der Waals surface area contributed by atoms with E-state index in [1.807, 2.05) is 6.07 Å². The zero-order valence-corrected chi connectivity index (χ0v) is 11.5. The molecule has 3 N–H and O–H groups in total. The molecule has 0 spiro atoms. The number of hydrogen-bond donors (Lipinski definition) is 2. The normalized spacial score (nSPS) is 16.8. The van der Waals surface area contributed by atoms with E-state index in [2.05, 4.69) is 14.8 Å². The predicted molar refractivity (Wildman–Crippen MR) is 78.2 cm³/mol. The van der Waals surface area contributed by atoms with Gasteiger partial charge < -0.3 is 15.7 Å². The third-order valence-corrected chi connectivity index (χ3v) is 3.67. The molecule has 1 aromatic rings. The predicted octanol–water partition coefficient (Wildman–Crippen LogP) is 0.948. The summed E-state index contributed by atoms with van der Waals surface area (Å²) in [5.41, 5.74) is 7.83. The summed E-state index contributed by atoms with van der Waals surface area (Å²) in [6, 6.07) is 1.99. The van der Waals surface area contributed by atoms with Crippen LogP contribution in [0.1, 0.15) is 19.3 Å². The monoisotopic (exact) mass is 264 g/mol. The van der Waals surface area contributed by atoms with Gasteiger partial charge in [-0.05, 0) is 31.9 Å². The van der Waals surface area contributed by atoms with Gasteiger partial charge in [0.05, 0.1) is 17.6 Å². The minimum atomic E-state index is 0.315. The number of nitrogen functional groups attached to an aromatic ring is 1. The third kappa shape index (κ3) is 4.08. The molecule has 0 unspecified atom stereocenters.